The number of anilines is 2. The molecular weight excluding hydrogens is 302 g/mol. The van der Waals surface area contributed by atoms with E-state index >= 15 is 0 Å². The monoisotopic (exact) mass is 307 g/mol. The van der Waals surface area contributed by atoms with Crippen molar-refractivity contribution >= 4 is 39.0 Å². The van der Waals surface area contributed by atoms with Crippen molar-refractivity contribution in [1.82, 2.24) is 4.98 Å². The number of nitriles is 1. The second-order valence-electron chi connectivity index (χ2n) is 3.27. The van der Waals surface area contributed by atoms with Gasteiger partial charge in [-0.05, 0) is 40.2 Å². The van der Waals surface area contributed by atoms with Crippen LogP contribution in [-0.2, 0) is 0 Å². The van der Waals surface area contributed by atoms with Gasteiger partial charge in [0.2, 0.25) is 0 Å². The Morgan fingerprint density at radius 3 is 2.76 bits per heavy atom. The second kappa shape index (κ2) is 5.17. The Morgan fingerprint density at radius 2 is 2.12 bits per heavy atom. The van der Waals surface area contributed by atoms with Gasteiger partial charge in [-0.2, -0.15) is 5.26 Å². The van der Waals surface area contributed by atoms with Crippen molar-refractivity contribution in [2.24, 2.45) is 0 Å². The number of rotatable bonds is 2. The van der Waals surface area contributed by atoms with Gasteiger partial charge in [0.25, 0.3) is 0 Å². The van der Waals surface area contributed by atoms with Gasteiger partial charge in [-0.25, -0.2) is 4.98 Å². The fourth-order valence-corrected chi connectivity index (χ4v) is 1.81. The predicted molar refractivity (Wildman–Crippen MR) is 71.4 cm³/mol. The number of hydrogen-bond donors (Lipinski definition) is 1. The van der Waals surface area contributed by atoms with Crippen molar-refractivity contribution in [2.75, 3.05) is 5.32 Å². The summed E-state index contributed by atoms with van der Waals surface area (Å²) in [6, 6.07) is 11.0. The van der Waals surface area contributed by atoms with Crippen LogP contribution in [0.5, 0.6) is 0 Å². The van der Waals surface area contributed by atoms with Gasteiger partial charge in [0, 0.05) is 6.20 Å². The third-order valence-electron chi connectivity index (χ3n) is 2.11. The zero-order valence-corrected chi connectivity index (χ0v) is 11.0. The van der Waals surface area contributed by atoms with Crippen LogP contribution in [0.3, 0.4) is 0 Å². The Balaban J connectivity index is 2.26. The number of nitrogens with zero attached hydrogens (tertiary/aromatic N) is 2. The maximum Gasteiger partial charge on any atom is 0.130 e. The molecule has 0 aliphatic rings. The molecule has 0 bridgehead atoms. The average molecular weight is 309 g/mol. The molecule has 0 unspecified atom stereocenters. The molecule has 0 spiro atoms. The normalized spacial score (nSPS) is 9.71. The molecule has 17 heavy (non-hydrogen) atoms. The lowest BCUT2D eigenvalue weighted by molar-refractivity contribution is 1.28. The van der Waals surface area contributed by atoms with Crippen LogP contribution in [-0.4, -0.2) is 4.98 Å². The van der Waals surface area contributed by atoms with E-state index in [1.165, 1.54) is 6.20 Å². The highest BCUT2D eigenvalue weighted by Gasteiger charge is 2.04. The average Bonchev–Trinajstić information content (AvgIpc) is 2.36. The van der Waals surface area contributed by atoms with Crippen LogP contribution in [0.2, 0.25) is 5.02 Å². The fourth-order valence-electron chi connectivity index (χ4n) is 1.27. The molecule has 0 saturated heterocycles. The summed E-state index contributed by atoms with van der Waals surface area (Å²) < 4.78 is 0.785. The first kappa shape index (κ1) is 11.9. The van der Waals surface area contributed by atoms with Gasteiger partial charge in [0.05, 0.1) is 20.7 Å². The quantitative estimate of drug-likeness (QED) is 0.908. The lowest BCUT2D eigenvalue weighted by Crippen LogP contribution is -1.94. The Kier molecular flexibility index (Phi) is 3.62. The molecule has 0 atom stereocenters. The number of benzene rings is 1. The molecule has 2 aromatic rings. The summed E-state index contributed by atoms with van der Waals surface area (Å²) >= 11 is 9.37. The predicted octanol–water partition coefficient (Wildman–Crippen LogP) is 4.11. The van der Waals surface area contributed by atoms with E-state index in [9.17, 15) is 0 Å². The van der Waals surface area contributed by atoms with E-state index in [1.807, 2.05) is 18.2 Å². The zero-order chi connectivity index (χ0) is 12.3. The number of halogens is 2. The summed E-state index contributed by atoms with van der Waals surface area (Å²) in [4.78, 5) is 4.12. The van der Waals surface area contributed by atoms with Gasteiger partial charge in [-0.15, -0.1) is 0 Å². The third-order valence-corrected chi connectivity index (χ3v) is 3.50. The van der Waals surface area contributed by atoms with Crippen molar-refractivity contribution in [2.45, 2.75) is 0 Å². The van der Waals surface area contributed by atoms with E-state index in [4.69, 9.17) is 16.9 Å². The van der Waals surface area contributed by atoms with E-state index in [1.54, 1.807) is 18.2 Å². The molecule has 2 rings (SSSR count). The van der Waals surface area contributed by atoms with E-state index in [-0.39, 0.29) is 0 Å². The Bertz CT molecular complexity index is 575. The van der Waals surface area contributed by atoms with Crippen LogP contribution >= 0.6 is 27.5 Å². The van der Waals surface area contributed by atoms with Crippen molar-refractivity contribution in [3.05, 3.63) is 51.6 Å². The Labute approximate surface area is 112 Å². The molecule has 0 fully saturated rings. The van der Waals surface area contributed by atoms with E-state index < -0.39 is 0 Å². The standard InChI is InChI=1S/C12H7BrClN3/c13-12-9(14)2-1-3-10(12)17-11-5-4-8(6-15)7-16-11/h1-5,7H,(H,16,17). The molecule has 3 nitrogen and oxygen atoms in total. The van der Waals surface area contributed by atoms with Gasteiger partial charge >= 0.3 is 0 Å². The molecule has 1 heterocycles. The summed E-state index contributed by atoms with van der Waals surface area (Å²) in [6.45, 7) is 0. The molecule has 0 radical (unpaired) electrons. The second-order valence-corrected chi connectivity index (χ2v) is 4.47. The van der Waals surface area contributed by atoms with Gasteiger partial charge < -0.3 is 5.32 Å². The minimum absolute atomic E-state index is 0.528. The first-order valence-corrected chi connectivity index (χ1v) is 5.95. The van der Waals surface area contributed by atoms with Crippen molar-refractivity contribution in [3.63, 3.8) is 0 Å². The smallest absolute Gasteiger partial charge is 0.130 e. The number of pyridine rings is 1. The molecule has 5 heteroatoms. The molecular formula is C12H7BrClN3. The van der Waals surface area contributed by atoms with Crippen LogP contribution in [0, 0.1) is 11.3 Å². The summed E-state index contributed by atoms with van der Waals surface area (Å²) in [7, 11) is 0. The van der Waals surface area contributed by atoms with Crippen molar-refractivity contribution in [1.29, 1.82) is 5.26 Å². The Hall–Kier alpha value is -1.57. The molecule has 0 aliphatic heterocycles. The summed E-state index contributed by atoms with van der Waals surface area (Å²) in [6.07, 6.45) is 1.51. The van der Waals surface area contributed by atoms with E-state index in [0.29, 0.717) is 16.4 Å². The molecule has 1 N–H and O–H groups in total. The van der Waals surface area contributed by atoms with Gasteiger partial charge in [0.15, 0.2) is 0 Å². The minimum Gasteiger partial charge on any atom is -0.339 e. The van der Waals surface area contributed by atoms with Gasteiger partial charge in [-0.3, -0.25) is 0 Å². The molecule has 0 aliphatic carbocycles. The maximum absolute atomic E-state index is 8.66. The molecule has 1 aromatic carbocycles. The summed E-state index contributed by atoms with van der Waals surface area (Å²) in [5.41, 5.74) is 1.36. The van der Waals surface area contributed by atoms with Crippen LogP contribution < -0.4 is 5.32 Å². The summed E-state index contributed by atoms with van der Waals surface area (Å²) in [5.74, 6) is 0.659. The van der Waals surface area contributed by atoms with Crippen LogP contribution in [0.1, 0.15) is 5.56 Å². The first-order valence-electron chi connectivity index (χ1n) is 4.78. The van der Waals surface area contributed by atoms with Gasteiger partial charge in [-0.1, -0.05) is 17.7 Å². The van der Waals surface area contributed by atoms with Gasteiger partial charge in [0.1, 0.15) is 11.9 Å². The highest BCUT2D eigenvalue weighted by Crippen LogP contribution is 2.31. The van der Waals surface area contributed by atoms with E-state index in [0.717, 1.165) is 10.2 Å². The van der Waals surface area contributed by atoms with Crippen molar-refractivity contribution in [3.8, 4) is 6.07 Å². The number of nitrogens with one attached hydrogen (secondary N) is 1. The largest absolute Gasteiger partial charge is 0.339 e. The summed E-state index contributed by atoms with van der Waals surface area (Å²) in [5, 5.41) is 12.4. The highest BCUT2D eigenvalue weighted by atomic mass is 79.9. The SMILES string of the molecule is N#Cc1ccc(Nc2cccc(Cl)c2Br)nc1. The van der Waals surface area contributed by atoms with E-state index in [2.05, 4.69) is 26.2 Å². The zero-order valence-electron chi connectivity index (χ0n) is 8.61. The lowest BCUT2D eigenvalue weighted by atomic mass is 10.3. The molecule has 1 aromatic heterocycles. The van der Waals surface area contributed by atoms with Crippen molar-refractivity contribution < 1.29 is 0 Å². The number of aromatic nitrogens is 1. The maximum atomic E-state index is 8.66. The first-order chi connectivity index (χ1) is 8.20. The molecule has 84 valence electrons. The molecule has 0 saturated carbocycles. The number of hydrogen-bond acceptors (Lipinski definition) is 3. The Morgan fingerprint density at radius 1 is 1.29 bits per heavy atom. The van der Waals surface area contributed by atoms with Crippen LogP contribution in [0.15, 0.2) is 41.0 Å². The molecule has 0 amide bonds. The fraction of sp³-hybridized carbons (Fsp3) is 0. The third kappa shape index (κ3) is 2.76. The lowest BCUT2D eigenvalue weighted by Gasteiger charge is -2.08. The van der Waals surface area contributed by atoms with Crippen LogP contribution in [0.25, 0.3) is 0 Å². The highest BCUT2D eigenvalue weighted by molar-refractivity contribution is 9.10. The minimum atomic E-state index is 0.528. The topological polar surface area (TPSA) is 48.7 Å². The van der Waals surface area contributed by atoms with Crippen LogP contribution in [0.4, 0.5) is 11.5 Å².